The molecule has 0 fully saturated rings. The predicted octanol–water partition coefficient (Wildman–Crippen LogP) is 4.37. The zero-order chi connectivity index (χ0) is 18.0. The monoisotopic (exact) mass is 352 g/mol. The van der Waals surface area contributed by atoms with Crippen LogP contribution in [0.2, 0.25) is 0 Å². The molecule has 1 aromatic heterocycles. The van der Waals surface area contributed by atoms with Gasteiger partial charge in [0.1, 0.15) is 22.5 Å². The van der Waals surface area contributed by atoms with E-state index in [1.165, 1.54) is 0 Å². The first-order valence-electron chi connectivity index (χ1n) is 8.11. The average molecular weight is 352 g/mol. The Labute approximate surface area is 151 Å². The highest BCUT2D eigenvalue weighted by Crippen LogP contribution is 2.45. The molecule has 1 aliphatic heterocycles. The van der Waals surface area contributed by atoms with Gasteiger partial charge in [0.25, 0.3) is 0 Å². The SMILES string of the molecule is C=C1Sc2cc3nn(-c4c(C)c(C)c(C)c(C)c4O)nc3cc2N1C. The summed E-state index contributed by atoms with van der Waals surface area (Å²) in [6.45, 7) is 12.1. The molecule has 128 valence electrons. The highest BCUT2D eigenvalue weighted by atomic mass is 32.2. The van der Waals surface area contributed by atoms with Crippen molar-refractivity contribution in [1.82, 2.24) is 15.0 Å². The molecule has 0 bridgehead atoms. The molecule has 1 N–H and O–H groups in total. The molecule has 0 amide bonds. The minimum absolute atomic E-state index is 0.244. The number of hydrogen-bond donors (Lipinski definition) is 1. The van der Waals surface area contributed by atoms with Crippen LogP contribution in [0.25, 0.3) is 16.7 Å². The first-order valence-corrected chi connectivity index (χ1v) is 8.92. The number of benzene rings is 2. The maximum absolute atomic E-state index is 10.7. The van der Waals surface area contributed by atoms with Crippen molar-refractivity contribution in [3.05, 3.63) is 46.0 Å². The summed E-state index contributed by atoms with van der Waals surface area (Å²) in [7, 11) is 2.00. The van der Waals surface area contributed by atoms with Gasteiger partial charge in [0, 0.05) is 11.9 Å². The fourth-order valence-electron chi connectivity index (χ4n) is 3.22. The normalized spacial score (nSPS) is 13.8. The number of aromatic nitrogens is 3. The molecule has 0 saturated heterocycles. The van der Waals surface area contributed by atoms with Crippen LogP contribution in [0.5, 0.6) is 5.75 Å². The second-order valence-electron chi connectivity index (χ2n) is 6.55. The van der Waals surface area contributed by atoms with E-state index in [1.54, 1.807) is 16.6 Å². The summed E-state index contributed by atoms with van der Waals surface area (Å²) in [5.74, 6) is 0.244. The van der Waals surface area contributed by atoms with E-state index in [1.807, 2.05) is 40.0 Å². The van der Waals surface area contributed by atoms with Crippen molar-refractivity contribution < 1.29 is 5.11 Å². The van der Waals surface area contributed by atoms with Crippen LogP contribution in [-0.4, -0.2) is 27.1 Å². The van der Waals surface area contributed by atoms with Gasteiger partial charge >= 0.3 is 0 Å². The summed E-state index contributed by atoms with van der Waals surface area (Å²) in [6.07, 6.45) is 0. The third kappa shape index (κ3) is 2.17. The van der Waals surface area contributed by atoms with E-state index in [4.69, 9.17) is 0 Å². The molecule has 0 unspecified atom stereocenters. The van der Waals surface area contributed by atoms with Crippen LogP contribution in [0.15, 0.2) is 28.6 Å². The number of nitrogens with zero attached hydrogens (tertiary/aromatic N) is 4. The van der Waals surface area contributed by atoms with E-state index < -0.39 is 0 Å². The largest absolute Gasteiger partial charge is 0.505 e. The highest BCUT2D eigenvalue weighted by molar-refractivity contribution is 8.03. The topological polar surface area (TPSA) is 54.2 Å². The Morgan fingerprint density at radius 2 is 1.56 bits per heavy atom. The standard InChI is InChI=1S/C19H20N4OS/c1-9-10(2)12(4)19(24)18(11(9)3)23-20-14-7-16-17(8-15(14)21-23)25-13(5)22(16)6/h7-8,24H,5H2,1-4,6H3. The summed E-state index contributed by atoms with van der Waals surface area (Å²) in [6, 6.07) is 4.06. The maximum atomic E-state index is 10.7. The lowest BCUT2D eigenvalue weighted by molar-refractivity contribution is 0.462. The molecular formula is C19H20N4OS. The van der Waals surface area contributed by atoms with Crippen LogP contribution in [0, 0.1) is 27.7 Å². The van der Waals surface area contributed by atoms with Gasteiger partial charge in [-0.15, -0.1) is 15.0 Å². The Balaban J connectivity index is 1.95. The van der Waals surface area contributed by atoms with Gasteiger partial charge in [-0.1, -0.05) is 18.3 Å². The molecule has 1 aliphatic rings. The minimum Gasteiger partial charge on any atom is -0.505 e. The molecule has 25 heavy (non-hydrogen) atoms. The molecule has 6 heteroatoms. The summed E-state index contributed by atoms with van der Waals surface area (Å²) in [4.78, 5) is 4.74. The lowest BCUT2D eigenvalue weighted by Gasteiger charge is -2.15. The van der Waals surface area contributed by atoms with Crippen LogP contribution >= 0.6 is 11.8 Å². The molecule has 0 radical (unpaired) electrons. The van der Waals surface area contributed by atoms with Gasteiger partial charge in [-0.25, -0.2) is 0 Å². The third-order valence-corrected chi connectivity index (χ3v) is 6.30. The van der Waals surface area contributed by atoms with E-state index in [-0.39, 0.29) is 5.75 Å². The van der Waals surface area contributed by atoms with Gasteiger partial charge in [-0.05, 0) is 62.1 Å². The number of phenols is 1. The molecular weight excluding hydrogens is 332 g/mol. The fraction of sp³-hybridized carbons (Fsp3) is 0.263. The molecule has 4 rings (SSSR count). The lowest BCUT2D eigenvalue weighted by atomic mass is 9.97. The maximum Gasteiger partial charge on any atom is 0.146 e. The number of anilines is 1. The van der Waals surface area contributed by atoms with Crippen LogP contribution in [-0.2, 0) is 0 Å². The Hall–Kier alpha value is -2.47. The Morgan fingerprint density at radius 3 is 2.24 bits per heavy atom. The zero-order valence-corrected chi connectivity index (χ0v) is 15.8. The van der Waals surface area contributed by atoms with Crippen LogP contribution < -0.4 is 4.90 Å². The van der Waals surface area contributed by atoms with Gasteiger partial charge in [0.2, 0.25) is 0 Å². The van der Waals surface area contributed by atoms with E-state index >= 15 is 0 Å². The predicted molar refractivity (Wildman–Crippen MR) is 103 cm³/mol. The molecule has 2 aromatic carbocycles. The minimum atomic E-state index is 0.244. The fourth-order valence-corrected chi connectivity index (χ4v) is 4.18. The lowest BCUT2D eigenvalue weighted by Crippen LogP contribution is -2.08. The van der Waals surface area contributed by atoms with E-state index in [9.17, 15) is 5.11 Å². The third-order valence-electron chi connectivity index (χ3n) is 5.25. The summed E-state index contributed by atoms with van der Waals surface area (Å²) in [5.41, 5.74) is 7.47. The Bertz CT molecular complexity index is 1040. The van der Waals surface area contributed by atoms with Crippen LogP contribution in [0.1, 0.15) is 22.3 Å². The smallest absolute Gasteiger partial charge is 0.146 e. The highest BCUT2D eigenvalue weighted by Gasteiger charge is 2.23. The molecule has 0 saturated carbocycles. The number of aromatic hydroxyl groups is 1. The number of fused-ring (bicyclic) bond motifs is 2. The van der Waals surface area contributed by atoms with Crippen LogP contribution in [0.3, 0.4) is 0 Å². The van der Waals surface area contributed by atoms with Crippen molar-refractivity contribution in [3.63, 3.8) is 0 Å². The number of rotatable bonds is 1. The van der Waals surface area contributed by atoms with E-state index in [2.05, 4.69) is 28.6 Å². The summed E-state index contributed by atoms with van der Waals surface area (Å²) < 4.78 is 0. The molecule has 0 spiro atoms. The average Bonchev–Trinajstić information content (AvgIpc) is 3.10. The molecule has 2 heterocycles. The van der Waals surface area contributed by atoms with Crippen molar-refractivity contribution in [2.75, 3.05) is 11.9 Å². The number of hydrogen-bond acceptors (Lipinski definition) is 5. The first kappa shape index (κ1) is 16.0. The van der Waals surface area contributed by atoms with E-state index in [0.29, 0.717) is 5.69 Å². The summed E-state index contributed by atoms with van der Waals surface area (Å²) >= 11 is 1.64. The van der Waals surface area contributed by atoms with Gasteiger partial charge in [0.05, 0.1) is 10.7 Å². The molecule has 0 aliphatic carbocycles. The van der Waals surface area contributed by atoms with Gasteiger partial charge in [-0.3, -0.25) is 0 Å². The van der Waals surface area contributed by atoms with E-state index in [0.717, 1.165) is 48.9 Å². The van der Waals surface area contributed by atoms with Gasteiger partial charge in [0.15, 0.2) is 0 Å². The molecule has 3 aromatic rings. The van der Waals surface area contributed by atoms with Crippen molar-refractivity contribution in [2.45, 2.75) is 32.6 Å². The zero-order valence-electron chi connectivity index (χ0n) is 15.0. The Kier molecular flexibility index (Phi) is 3.37. The van der Waals surface area contributed by atoms with Gasteiger partial charge in [-0.2, -0.15) is 0 Å². The summed E-state index contributed by atoms with van der Waals surface area (Å²) in [5, 5.41) is 20.9. The number of thioether (sulfide) groups is 1. The quantitative estimate of drug-likeness (QED) is 0.705. The number of phenolic OH excluding ortho intramolecular Hbond substituents is 1. The second kappa shape index (κ2) is 5.26. The molecule has 5 nitrogen and oxygen atoms in total. The Morgan fingerprint density at radius 1 is 0.960 bits per heavy atom. The van der Waals surface area contributed by atoms with Crippen molar-refractivity contribution >= 4 is 28.5 Å². The molecule has 0 atom stereocenters. The van der Waals surface area contributed by atoms with Gasteiger partial charge < -0.3 is 10.0 Å². The van der Waals surface area contributed by atoms with Crippen molar-refractivity contribution in [2.24, 2.45) is 0 Å². The second-order valence-corrected chi connectivity index (χ2v) is 7.67. The first-order chi connectivity index (χ1) is 11.8. The van der Waals surface area contributed by atoms with Crippen molar-refractivity contribution in [3.8, 4) is 11.4 Å². The van der Waals surface area contributed by atoms with Crippen LogP contribution in [0.4, 0.5) is 5.69 Å². The van der Waals surface area contributed by atoms with Crippen molar-refractivity contribution in [1.29, 1.82) is 0 Å².